The van der Waals surface area contributed by atoms with Gasteiger partial charge in [-0.25, -0.2) is 0 Å². The molecule has 1 aliphatic carbocycles. The van der Waals surface area contributed by atoms with Crippen molar-refractivity contribution in [2.75, 3.05) is 6.61 Å². The van der Waals surface area contributed by atoms with Crippen molar-refractivity contribution >= 4 is 14.1 Å². The molecule has 0 radical (unpaired) electrons. The van der Waals surface area contributed by atoms with Crippen LogP contribution >= 0.6 is 0 Å². The highest BCUT2D eigenvalue weighted by atomic mass is 28.4. The van der Waals surface area contributed by atoms with E-state index in [0.29, 0.717) is 6.61 Å². The van der Waals surface area contributed by atoms with Crippen LogP contribution in [0.5, 0.6) is 0 Å². The van der Waals surface area contributed by atoms with Crippen molar-refractivity contribution in [1.29, 1.82) is 0 Å². The first-order chi connectivity index (χ1) is 8.93. The Morgan fingerprint density at radius 3 is 2.35 bits per heavy atom. The SMILES string of the molecule is CC1(C)O[C@@H]2C(CO[Si](C)(C)C(C)(C)C)=CC(=O)[C@@H]2O1. The molecule has 2 rings (SSSR count). The summed E-state index contributed by atoms with van der Waals surface area (Å²) in [5.41, 5.74) is 0.912. The van der Waals surface area contributed by atoms with Crippen LogP contribution in [0.15, 0.2) is 11.6 Å². The van der Waals surface area contributed by atoms with Crippen LogP contribution in [0, 0.1) is 0 Å². The van der Waals surface area contributed by atoms with Gasteiger partial charge in [0.15, 0.2) is 26.0 Å². The third-order valence-corrected chi connectivity index (χ3v) is 8.95. The highest BCUT2D eigenvalue weighted by Gasteiger charge is 2.50. The van der Waals surface area contributed by atoms with Crippen LogP contribution in [0.1, 0.15) is 34.6 Å². The number of ketones is 1. The first kappa shape index (κ1) is 15.9. The molecule has 0 unspecified atom stereocenters. The number of rotatable bonds is 3. The predicted octanol–water partition coefficient (Wildman–Crippen LogP) is 3.04. The average molecular weight is 298 g/mol. The molecule has 5 heteroatoms. The van der Waals surface area contributed by atoms with Crippen molar-refractivity contribution in [3.63, 3.8) is 0 Å². The third-order valence-electron chi connectivity index (χ3n) is 4.48. The smallest absolute Gasteiger partial charge is 0.192 e. The highest BCUT2D eigenvalue weighted by molar-refractivity contribution is 6.74. The van der Waals surface area contributed by atoms with Crippen LogP contribution in [0.25, 0.3) is 0 Å². The maximum absolute atomic E-state index is 11.9. The molecule has 0 bridgehead atoms. The molecule has 1 saturated heterocycles. The number of hydrogen-bond donors (Lipinski definition) is 0. The zero-order valence-electron chi connectivity index (χ0n) is 13.6. The van der Waals surface area contributed by atoms with E-state index in [0.717, 1.165) is 5.57 Å². The van der Waals surface area contributed by atoms with Crippen LogP contribution in [0.2, 0.25) is 18.1 Å². The first-order valence-electron chi connectivity index (χ1n) is 7.17. The maximum atomic E-state index is 11.9. The number of carbonyl (C=O) groups is 1. The van der Waals surface area contributed by atoms with Gasteiger partial charge in [-0.2, -0.15) is 0 Å². The second kappa shape index (κ2) is 4.76. The lowest BCUT2D eigenvalue weighted by atomic mass is 10.2. The van der Waals surface area contributed by atoms with Crippen molar-refractivity contribution in [3.05, 3.63) is 11.6 Å². The Balaban J connectivity index is 2.05. The van der Waals surface area contributed by atoms with Gasteiger partial charge in [0.05, 0.1) is 6.61 Å². The molecule has 0 saturated carbocycles. The fraction of sp³-hybridized carbons (Fsp3) is 0.800. The summed E-state index contributed by atoms with van der Waals surface area (Å²) in [6.45, 7) is 15.2. The van der Waals surface area contributed by atoms with Gasteiger partial charge in [0.25, 0.3) is 0 Å². The lowest BCUT2D eigenvalue weighted by molar-refractivity contribution is -0.153. The lowest BCUT2D eigenvalue weighted by Gasteiger charge is -2.36. The summed E-state index contributed by atoms with van der Waals surface area (Å²) in [6.07, 6.45) is 0.878. The molecule has 0 N–H and O–H groups in total. The molecular formula is C15H26O4Si. The molecule has 114 valence electrons. The minimum atomic E-state index is -1.82. The molecule has 20 heavy (non-hydrogen) atoms. The molecule has 0 amide bonds. The van der Waals surface area contributed by atoms with Crippen molar-refractivity contribution in [2.45, 2.75) is 70.7 Å². The Morgan fingerprint density at radius 1 is 1.25 bits per heavy atom. The van der Waals surface area contributed by atoms with Crippen LogP contribution in [-0.2, 0) is 18.7 Å². The minimum absolute atomic E-state index is 0.00518. The summed E-state index contributed by atoms with van der Waals surface area (Å²) < 4.78 is 17.7. The average Bonchev–Trinajstić information content (AvgIpc) is 2.70. The molecule has 0 aromatic heterocycles. The van der Waals surface area contributed by atoms with Gasteiger partial charge in [-0.15, -0.1) is 0 Å². The second-order valence-electron chi connectivity index (χ2n) is 7.65. The third kappa shape index (κ3) is 2.91. The number of carbonyl (C=O) groups excluding carboxylic acids is 1. The van der Waals surface area contributed by atoms with Gasteiger partial charge >= 0.3 is 0 Å². The van der Waals surface area contributed by atoms with E-state index in [1.54, 1.807) is 6.08 Å². The summed E-state index contributed by atoms with van der Waals surface area (Å²) in [6, 6.07) is 0. The van der Waals surface area contributed by atoms with Crippen LogP contribution in [-0.4, -0.2) is 38.7 Å². The molecule has 1 fully saturated rings. The van der Waals surface area contributed by atoms with Gasteiger partial charge in [0.2, 0.25) is 0 Å². The normalized spacial score (nSPS) is 29.6. The van der Waals surface area contributed by atoms with Gasteiger partial charge in [-0.1, -0.05) is 20.8 Å². The summed E-state index contributed by atoms with van der Waals surface area (Å²) in [7, 11) is -1.82. The minimum Gasteiger partial charge on any atom is -0.413 e. The Hall–Kier alpha value is -0.493. The lowest BCUT2D eigenvalue weighted by Crippen LogP contribution is -2.41. The van der Waals surface area contributed by atoms with E-state index < -0.39 is 20.2 Å². The van der Waals surface area contributed by atoms with Crippen LogP contribution < -0.4 is 0 Å². The van der Waals surface area contributed by atoms with Crippen LogP contribution in [0.4, 0.5) is 0 Å². The molecule has 1 aliphatic heterocycles. The highest BCUT2D eigenvalue weighted by Crippen LogP contribution is 2.39. The van der Waals surface area contributed by atoms with E-state index >= 15 is 0 Å². The summed E-state index contributed by atoms with van der Waals surface area (Å²) in [5.74, 6) is -0.698. The summed E-state index contributed by atoms with van der Waals surface area (Å²) >= 11 is 0. The molecule has 0 aromatic rings. The fourth-order valence-corrected chi connectivity index (χ4v) is 3.15. The molecule has 4 nitrogen and oxygen atoms in total. The fourth-order valence-electron chi connectivity index (χ4n) is 2.19. The number of fused-ring (bicyclic) bond motifs is 1. The van der Waals surface area contributed by atoms with Crippen molar-refractivity contribution < 1.29 is 18.7 Å². The Labute approximate surface area is 122 Å². The topological polar surface area (TPSA) is 44.8 Å². The summed E-state index contributed by atoms with van der Waals surface area (Å²) in [4.78, 5) is 11.9. The van der Waals surface area contributed by atoms with Crippen molar-refractivity contribution in [1.82, 2.24) is 0 Å². The van der Waals surface area contributed by atoms with E-state index in [1.807, 2.05) is 13.8 Å². The van der Waals surface area contributed by atoms with E-state index in [1.165, 1.54) is 0 Å². The predicted molar refractivity (Wildman–Crippen MR) is 80.1 cm³/mol. The Bertz CT molecular complexity index is 445. The molecule has 1 heterocycles. The second-order valence-corrected chi connectivity index (χ2v) is 12.5. The zero-order valence-corrected chi connectivity index (χ0v) is 14.6. The Morgan fingerprint density at radius 2 is 1.80 bits per heavy atom. The van der Waals surface area contributed by atoms with Crippen molar-refractivity contribution in [3.8, 4) is 0 Å². The van der Waals surface area contributed by atoms with E-state index in [2.05, 4.69) is 33.9 Å². The largest absolute Gasteiger partial charge is 0.413 e. The monoisotopic (exact) mass is 298 g/mol. The Kier molecular flexibility index (Phi) is 3.78. The maximum Gasteiger partial charge on any atom is 0.192 e. The standard InChI is InChI=1S/C15H26O4Si/c1-14(2,3)20(6,7)17-9-10-8-11(16)13-12(10)18-15(4,5)19-13/h8,12-13H,9H2,1-7H3/t12-,13+/m1/s1. The van der Waals surface area contributed by atoms with Gasteiger partial charge in [-0.3, -0.25) is 4.79 Å². The van der Waals surface area contributed by atoms with E-state index in [9.17, 15) is 4.79 Å². The van der Waals surface area contributed by atoms with E-state index in [-0.39, 0.29) is 16.9 Å². The van der Waals surface area contributed by atoms with Gasteiger partial charge in [0, 0.05) is 0 Å². The number of ether oxygens (including phenoxy) is 2. The van der Waals surface area contributed by atoms with Gasteiger partial charge in [-0.05, 0) is 43.6 Å². The van der Waals surface area contributed by atoms with Crippen LogP contribution in [0.3, 0.4) is 0 Å². The molecule has 0 spiro atoms. The van der Waals surface area contributed by atoms with E-state index in [4.69, 9.17) is 13.9 Å². The molecule has 0 aromatic carbocycles. The quantitative estimate of drug-likeness (QED) is 0.751. The molecular weight excluding hydrogens is 272 g/mol. The van der Waals surface area contributed by atoms with Gasteiger partial charge < -0.3 is 13.9 Å². The summed E-state index contributed by atoms with van der Waals surface area (Å²) in [5, 5.41) is 0.155. The zero-order chi connectivity index (χ0) is 15.3. The first-order valence-corrected chi connectivity index (χ1v) is 10.1. The van der Waals surface area contributed by atoms with Gasteiger partial charge in [0.1, 0.15) is 6.10 Å². The molecule has 2 aliphatic rings. The van der Waals surface area contributed by atoms with Crippen molar-refractivity contribution in [2.24, 2.45) is 0 Å². The molecule has 2 atom stereocenters. The number of hydrogen-bond acceptors (Lipinski definition) is 4.